The second-order valence-electron chi connectivity index (χ2n) is 20.5. The van der Waals surface area contributed by atoms with Crippen LogP contribution < -0.4 is 24.8 Å². The van der Waals surface area contributed by atoms with Gasteiger partial charge in [-0.05, 0) is 62.3 Å². The zero-order valence-corrected chi connectivity index (χ0v) is 41.3. The summed E-state index contributed by atoms with van der Waals surface area (Å²) in [4.78, 5) is 0. The van der Waals surface area contributed by atoms with Gasteiger partial charge in [-0.1, -0.05) is 119 Å². The molecule has 3 aliphatic carbocycles. The first-order chi connectivity index (χ1) is 26.0. The van der Waals surface area contributed by atoms with Crippen molar-refractivity contribution in [3.63, 3.8) is 0 Å². The maximum absolute atomic E-state index is 3.85. The van der Waals surface area contributed by atoms with E-state index in [0.29, 0.717) is 5.41 Å². The predicted molar refractivity (Wildman–Crippen MR) is 240 cm³/mol. The van der Waals surface area contributed by atoms with Gasteiger partial charge < -0.3 is 24.8 Å². The third kappa shape index (κ3) is 10.7. The summed E-state index contributed by atoms with van der Waals surface area (Å²) in [6.45, 7) is 30.0. The molecule has 5 aromatic carbocycles. The number of hydrogen-bond acceptors (Lipinski definition) is 0. The van der Waals surface area contributed by atoms with Crippen LogP contribution in [0.3, 0.4) is 0 Å². The van der Waals surface area contributed by atoms with E-state index in [1.807, 2.05) is 0 Å². The summed E-state index contributed by atoms with van der Waals surface area (Å²) in [5.41, 5.74) is 19.5. The van der Waals surface area contributed by atoms with Crippen LogP contribution in [-0.4, -0.2) is 3.21 Å². The Morgan fingerprint density at radius 2 is 1.12 bits per heavy atom. The molecule has 5 aromatic rings. The van der Waals surface area contributed by atoms with Crippen molar-refractivity contribution in [3.05, 3.63) is 171 Å². The first-order valence-electron chi connectivity index (χ1n) is 20.7. The quantitative estimate of drug-likeness (QED) is 0.156. The van der Waals surface area contributed by atoms with E-state index in [1.54, 1.807) is 27.4 Å². The minimum atomic E-state index is -0.0202. The molecule has 0 nitrogen and oxygen atoms in total. The summed E-state index contributed by atoms with van der Waals surface area (Å²) < 4.78 is 1.60. The molecule has 0 heterocycles. The average Bonchev–Trinajstić information content (AvgIpc) is 3.88. The van der Waals surface area contributed by atoms with E-state index >= 15 is 0 Å². The predicted octanol–water partition coefficient (Wildman–Crippen LogP) is 8.40. The Bertz CT molecular complexity index is 2120. The van der Waals surface area contributed by atoms with Crippen LogP contribution in [0.2, 0.25) is 0 Å². The molecular weight excluding hydrogens is 823 g/mol. The van der Waals surface area contributed by atoms with E-state index < -0.39 is 0 Å². The number of benzene rings is 4. The van der Waals surface area contributed by atoms with E-state index in [4.69, 9.17) is 0 Å². The first-order valence-corrected chi connectivity index (χ1v) is 21.9. The second-order valence-corrected chi connectivity index (χ2v) is 22.3. The molecule has 0 aromatic heterocycles. The van der Waals surface area contributed by atoms with E-state index in [9.17, 15) is 0 Å². The number of allylic oxidation sites excluding steroid dienone is 4. The van der Waals surface area contributed by atoms with Gasteiger partial charge in [-0.3, -0.25) is 6.08 Å². The summed E-state index contributed by atoms with van der Waals surface area (Å²) in [5.74, 6) is 0. The maximum atomic E-state index is 3.85. The summed E-state index contributed by atoms with van der Waals surface area (Å²) in [6.07, 6.45) is 9.64. The average molecular weight is 887 g/mol. The summed E-state index contributed by atoms with van der Waals surface area (Å²) >= 11 is 1.55. The molecule has 0 saturated heterocycles. The van der Waals surface area contributed by atoms with Crippen molar-refractivity contribution in [1.29, 1.82) is 0 Å². The van der Waals surface area contributed by atoms with Gasteiger partial charge in [0.05, 0.1) is 0 Å². The fraction of sp³-hybridized carbons (Fsp3) is 0.382. The third-order valence-electron chi connectivity index (χ3n) is 11.6. The van der Waals surface area contributed by atoms with Gasteiger partial charge in [0.1, 0.15) is 0 Å². The molecule has 0 saturated carbocycles. The van der Waals surface area contributed by atoms with Crippen molar-refractivity contribution in [1.82, 2.24) is 0 Å². The first kappa shape index (κ1) is 47.7. The van der Waals surface area contributed by atoms with Gasteiger partial charge in [-0.2, -0.15) is 29.3 Å². The van der Waals surface area contributed by atoms with Crippen LogP contribution in [0.5, 0.6) is 0 Å². The van der Waals surface area contributed by atoms with Gasteiger partial charge in [0, 0.05) is 5.41 Å². The third-order valence-corrected chi connectivity index (χ3v) is 12.5. The van der Waals surface area contributed by atoms with E-state index in [-0.39, 0.29) is 46.5 Å². The van der Waals surface area contributed by atoms with Crippen molar-refractivity contribution in [2.24, 2.45) is 10.8 Å². The van der Waals surface area contributed by atoms with E-state index in [1.165, 1.54) is 72.3 Å². The number of rotatable bonds is 4. The van der Waals surface area contributed by atoms with Gasteiger partial charge in [-0.15, -0.1) is 11.6 Å². The normalized spacial score (nSPS) is 15.4. The van der Waals surface area contributed by atoms with E-state index in [2.05, 4.69) is 211 Å². The van der Waals surface area contributed by atoms with Gasteiger partial charge in [0.2, 0.25) is 0 Å². The molecule has 0 N–H and O–H groups in total. The molecule has 0 aliphatic heterocycles. The van der Waals surface area contributed by atoms with Crippen LogP contribution in [-0.2, 0) is 59.7 Å². The van der Waals surface area contributed by atoms with Crippen LogP contribution >= 0.6 is 0 Å². The van der Waals surface area contributed by atoms with Crippen molar-refractivity contribution >= 4 is 14.4 Å². The standard InChI is InChI=1S/C31H37.C15H14.C9H13.2ClH.Zr/c1-28(2,3)26-16-30(7,8)24-12-18-11-19-13-25-23(15-21(19)20(18)14-22(24)26)27(29(4,5)6)17-31(25,9)10;1-3-8-14(9-4-1)12-7-13-15-10-5-2-6-11-15;1-9(2,3)8-6-4-5-7-8;;;/h12-16H,11H2,1-10H3;1-6,8-11H,12-13H2;4-7H,1-3H3;2*1H;/q-1;;-1;;;+2/p-2. The molecule has 8 rings (SSSR count). The molecule has 0 amide bonds. The van der Waals surface area contributed by atoms with E-state index in [0.717, 1.165) is 19.3 Å². The van der Waals surface area contributed by atoms with Crippen molar-refractivity contribution in [3.8, 4) is 11.1 Å². The SMILES string of the molecule is CC(C)(C)C1=[C-]C(C)(C)c2cc3c(cc21)-c1cc2c(cc1C3)C(C)(C)C=C2C(C)(C)C.CC(C)(C)c1cc[cH-]c1.[Cl-].[Cl-].[Zr+2]=[C](Cc1ccccc1)Cc1ccccc1. The zero-order valence-electron chi connectivity index (χ0n) is 37.3. The Labute approximate surface area is 379 Å². The summed E-state index contributed by atoms with van der Waals surface area (Å²) in [6, 6.07) is 39.9. The monoisotopic (exact) mass is 884 g/mol. The molecule has 0 fully saturated rings. The molecule has 58 heavy (non-hydrogen) atoms. The molecular formula is C55H64Cl2Zr-2. The summed E-state index contributed by atoms with van der Waals surface area (Å²) in [7, 11) is 0. The van der Waals surface area contributed by atoms with Gasteiger partial charge in [-0.25, -0.2) is 11.6 Å². The van der Waals surface area contributed by atoms with Gasteiger partial charge in [0.25, 0.3) is 0 Å². The van der Waals surface area contributed by atoms with Crippen molar-refractivity contribution in [2.75, 3.05) is 0 Å². The summed E-state index contributed by atoms with van der Waals surface area (Å²) in [5, 5.41) is 0. The number of fused-ring (bicyclic) bond motifs is 5. The fourth-order valence-electron chi connectivity index (χ4n) is 8.56. The molecule has 0 atom stereocenters. The Hall–Kier alpha value is -2.96. The molecule has 0 unspecified atom stereocenters. The Balaban J connectivity index is 0.000000230. The Kier molecular flexibility index (Phi) is 14.8. The fourth-order valence-corrected chi connectivity index (χ4v) is 9.57. The molecule has 304 valence electrons. The van der Waals surface area contributed by atoms with Gasteiger partial charge in [0.15, 0.2) is 0 Å². The molecule has 0 radical (unpaired) electrons. The molecule has 3 aliphatic rings. The second kappa shape index (κ2) is 17.9. The zero-order chi connectivity index (χ0) is 40.8. The number of hydrogen-bond donors (Lipinski definition) is 0. The van der Waals surface area contributed by atoms with Crippen molar-refractivity contribution < 1.29 is 49.0 Å². The number of halogens is 2. The van der Waals surface area contributed by atoms with Crippen molar-refractivity contribution in [2.45, 2.75) is 126 Å². The molecule has 3 heteroatoms. The molecule has 0 spiro atoms. The minimum absolute atomic E-state index is 0. The topological polar surface area (TPSA) is 0 Å². The molecule has 0 bridgehead atoms. The van der Waals surface area contributed by atoms with Crippen LogP contribution in [0.1, 0.15) is 140 Å². The Morgan fingerprint density at radius 3 is 1.55 bits per heavy atom. The van der Waals surface area contributed by atoms with Crippen LogP contribution in [0, 0.1) is 16.9 Å². The van der Waals surface area contributed by atoms with Crippen LogP contribution in [0.15, 0.2) is 115 Å². The Morgan fingerprint density at radius 1 is 0.621 bits per heavy atom. The van der Waals surface area contributed by atoms with Crippen LogP contribution in [0.4, 0.5) is 0 Å². The van der Waals surface area contributed by atoms with Gasteiger partial charge >= 0.3 is 112 Å². The van der Waals surface area contributed by atoms with Crippen LogP contribution in [0.25, 0.3) is 22.3 Å².